The summed E-state index contributed by atoms with van der Waals surface area (Å²) in [6.45, 7) is 4.86. The SMILES string of the molecule is CCOc1c(C(C)=O)c(OC(C)=O)c2ccn(C)c2c1OC. The molecule has 1 heterocycles. The number of methoxy groups -OCH3 is 1. The van der Waals surface area contributed by atoms with Crippen LogP contribution in [0.5, 0.6) is 17.2 Å². The van der Waals surface area contributed by atoms with Gasteiger partial charge in [-0.25, -0.2) is 0 Å². The second-order valence-electron chi connectivity index (χ2n) is 4.84. The van der Waals surface area contributed by atoms with Crippen LogP contribution in [0.15, 0.2) is 12.3 Å². The van der Waals surface area contributed by atoms with E-state index < -0.39 is 5.97 Å². The lowest BCUT2D eigenvalue weighted by molar-refractivity contribution is -0.131. The van der Waals surface area contributed by atoms with Crippen LogP contribution in [0, 0.1) is 0 Å². The highest BCUT2D eigenvalue weighted by Gasteiger charge is 2.27. The zero-order chi connectivity index (χ0) is 16.4. The van der Waals surface area contributed by atoms with Gasteiger partial charge in [-0.1, -0.05) is 0 Å². The number of Topliss-reactive ketones (excluding diaryl/α,β-unsaturated/α-hetero) is 1. The van der Waals surface area contributed by atoms with E-state index in [0.717, 1.165) is 0 Å². The van der Waals surface area contributed by atoms with Crippen molar-refractivity contribution < 1.29 is 23.8 Å². The molecule has 0 bridgehead atoms. The van der Waals surface area contributed by atoms with Crippen molar-refractivity contribution in [2.24, 2.45) is 7.05 Å². The molecule has 0 unspecified atom stereocenters. The summed E-state index contributed by atoms with van der Waals surface area (Å²) in [7, 11) is 3.35. The number of aryl methyl sites for hydroxylation is 1. The Balaban J connectivity index is 2.97. The molecule has 22 heavy (non-hydrogen) atoms. The second-order valence-corrected chi connectivity index (χ2v) is 4.84. The highest BCUT2D eigenvalue weighted by molar-refractivity contribution is 6.09. The number of benzene rings is 1. The van der Waals surface area contributed by atoms with E-state index >= 15 is 0 Å². The van der Waals surface area contributed by atoms with Crippen molar-refractivity contribution in [2.75, 3.05) is 13.7 Å². The Hall–Kier alpha value is -2.50. The van der Waals surface area contributed by atoms with Crippen LogP contribution in [0.3, 0.4) is 0 Å². The van der Waals surface area contributed by atoms with Gasteiger partial charge in [-0.15, -0.1) is 0 Å². The van der Waals surface area contributed by atoms with Gasteiger partial charge in [-0.05, 0) is 19.9 Å². The van der Waals surface area contributed by atoms with Crippen molar-refractivity contribution in [3.05, 3.63) is 17.8 Å². The summed E-state index contributed by atoms with van der Waals surface area (Å²) in [5, 5.41) is 0.628. The summed E-state index contributed by atoms with van der Waals surface area (Å²) in [5.74, 6) is 0.192. The highest BCUT2D eigenvalue weighted by Crippen LogP contribution is 2.46. The Morgan fingerprint density at radius 1 is 1.18 bits per heavy atom. The fraction of sp³-hybridized carbons (Fsp3) is 0.375. The lowest BCUT2D eigenvalue weighted by atomic mass is 10.0. The van der Waals surface area contributed by atoms with Crippen LogP contribution in [0.1, 0.15) is 31.1 Å². The van der Waals surface area contributed by atoms with Crippen molar-refractivity contribution in [1.29, 1.82) is 0 Å². The fourth-order valence-electron chi connectivity index (χ4n) is 2.50. The number of hydrogen-bond acceptors (Lipinski definition) is 5. The van der Waals surface area contributed by atoms with E-state index in [1.54, 1.807) is 12.3 Å². The molecule has 0 atom stereocenters. The molecule has 0 aliphatic heterocycles. The summed E-state index contributed by atoms with van der Waals surface area (Å²) in [6, 6.07) is 1.78. The van der Waals surface area contributed by atoms with Gasteiger partial charge >= 0.3 is 5.97 Å². The van der Waals surface area contributed by atoms with Crippen LogP contribution in [0.4, 0.5) is 0 Å². The molecular weight excluding hydrogens is 286 g/mol. The predicted octanol–water partition coefficient (Wildman–Crippen LogP) is 2.71. The molecule has 118 valence electrons. The number of ether oxygens (including phenoxy) is 3. The topological polar surface area (TPSA) is 66.8 Å². The van der Waals surface area contributed by atoms with Gasteiger partial charge in [0.2, 0.25) is 0 Å². The van der Waals surface area contributed by atoms with Crippen molar-refractivity contribution in [3.8, 4) is 17.2 Å². The molecule has 0 N–H and O–H groups in total. The third-order valence-electron chi connectivity index (χ3n) is 3.28. The van der Waals surface area contributed by atoms with Crippen LogP contribution in [-0.4, -0.2) is 30.0 Å². The maximum Gasteiger partial charge on any atom is 0.308 e. The first-order valence-electron chi connectivity index (χ1n) is 6.93. The zero-order valence-electron chi connectivity index (χ0n) is 13.4. The molecule has 1 aromatic carbocycles. The summed E-state index contributed by atoms with van der Waals surface area (Å²) >= 11 is 0. The minimum absolute atomic E-state index is 0.208. The maximum atomic E-state index is 12.1. The summed E-state index contributed by atoms with van der Waals surface area (Å²) < 4.78 is 18.2. The maximum absolute atomic E-state index is 12.1. The van der Waals surface area contributed by atoms with Gasteiger partial charge in [0.1, 0.15) is 5.56 Å². The van der Waals surface area contributed by atoms with Gasteiger partial charge < -0.3 is 18.8 Å². The van der Waals surface area contributed by atoms with Gasteiger partial charge in [-0.3, -0.25) is 9.59 Å². The molecule has 6 heteroatoms. The number of ketones is 1. The fourth-order valence-corrected chi connectivity index (χ4v) is 2.50. The molecule has 1 aromatic heterocycles. The lowest BCUT2D eigenvalue weighted by Crippen LogP contribution is -2.10. The van der Waals surface area contributed by atoms with Crippen LogP contribution < -0.4 is 14.2 Å². The predicted molar refractivity (Wildman–Crippen MR) is 82.0 cm³/mol. The minimum atomic E-state index is -0.500. The van der Waals surface area contributed by atoms with E-state index in [4.69, 9.17) is 14.2 Å². The van der Waals surface area contributed by atoms with E-state index in [2.05, 4.69) is 0 Å². The summed E-state index contributed by atoms with van der Waals surface area (Å²) in [5.41, 5.74) is 0.916. The molecule has 0 radical (unpaired) electrons. The van der Waals surface area contributed by atoms with Crippen LogP contribution >= 0.6 is 0 Å². The first kappa shape index (κ1) is 15.9. The normalized spacial score (nSPS) is 10.6. The lowest BCUT2D eigenvalue weighted by Gasteiger charge is -2.18. The van der Waals surface area contributed by atoms with Gasteiger partial charge in [0, 0.05) is 25.6 Å². The van der Waals surface area contributed by atoms with Crippen LogP contribution in [0.25, 0.3) is 10.9 Å². The molecule has 0 saturated heterocycles. The first-order chi connectivity index (χ1) is 10.4. The van der Waals surface area contributed by atoms with Crippen molar-refractivity contribution in [3.63, 3.8) is 0 Å². The van der Waals surface area contributed by atoms with E-state index in [1.165, 1.54) is 21.0 Å². The number of carbonyl (C=O) groups is 2. The monoisotopic (exact) mass is 305 g/mol. The smallest absolute Gasteiger partial charge is 0.308 e. The van der Waals surface area contributed by atoms with E-state index in [0.29, 0.717) is 29.0 Å². The summed E-state index contributed by atoms with van der Waals surface area (Å²) in [6.07, 6.45) is 1.81. The number of rotatable bonds is 5. The van der Waals surface area contributed by atoms with E-state index in [-0.39, 0.29) is 17.1 Å². The van der Waals surface area contributed by atoms with Crippen molar-refractivity contribution >= 4 is 22.7 Å². The number of carbonyl (C=O) groups excluding carboxylic acids is 2. The third kappa shape index (κ3) is 2.52. The number of hydrogen-bond donors (Lipinski definition) is 0. The number of esters is 1. The van der Waals surface area contributed by atoms with Gasteiger partial charge in [-0.2, -0.15) is 0 Å². The van der Waals surface area contributed by atoms with Crippen LogP contribution in [-0.2, 0) is 11.8 Å². The Morgan fingerprint density at radius 2 is 1.86 bits per heavy atom. The standard InChI is InChI=1S/C16H19NO5/c1-6-21-15-12(9(2)18)14(22-10(3)19)11-7-8-17(4)13(11)16(15)20-5/h7-8H,6H2,1-5H3. The Bertz CT molecular complexity index is 745. The van der Waals surface area contributed by atoms with E-state index in [9.17, 15) is 9.59 Å². The molecule has 2 rings (SSSR count). The quantitative estimate of drug-likeness (QED) is 0.483. The average Bonchev–Trinajstić information content (AvgIpc) is 2.81. The molecule has 0 saturated carbocycles. The average molecular weight is 305 g/mol. The van der Waals surface area contributed by atoms with E-state index in [1.807, 2.05) is 18.5 Å². The molecule has 0 aliphatic rings. The minimum Gasteiger partial charge on any atom is -0.491 e. The first-order valence-corrected chi connectivity index (χ1v) is 6.93. The Kier molecular flexibility index (Phi) is 4.40. The third-order valence-corrected chi connectivity index (χ3v) is 3.28. The molecule has 0 aliphatic carbocycles. The van der Waals surface area contributed by atoms with Gasteiger partial charge in [0.25, 0.3) is 0 Å². The van der Waals surface area contributed by atoms with Crippen molar-refractivity contribution in [2.45, 2.75) is 20.8 Å². The number of aromatic nitrogens is 1. The largest absolute Gasteiger partial charge is 0.491 e. The number of fused-ring (bicyclic) bond motifs is 1. The Labute approximate surface area is 128 Å². The Morgan fingerprint density at radius 3 is 2.36 bits per heavy atom. The second kappa shape index (κ2) is 6.09. The molecule has 6 nitrogen and oxygen atoms in total. The molecule has 2 aromatic rings. The van der Waals surface area contributed by atoms with Gasteiger partial charge in [0.05, 0.1) is 19.2 Å². The molecule has 0 fully saturated rings. The molecular formula is C16H19NO5. The van der Waals surface area contributed by atoms with Crippen LogP contribution in [0.2, 0.25) is 0 Å². The zero-order valence-corrected chi connectivity index (χ0v) is 13.4. The number of nitrogens with zero attached hydrogens (tertiary/aromatic N) is 1. The summed E-state index contributed by atoms with van der Waals surface area (Å²) in [4.78, 5) is 23.6. The van der Waals surface area contributed by atoms with Gasteiger partial charge in [0.15, 0.2) is 23.0 Å². The van der Waals surface area contributed by atoms with Crippen molar-refractivity contribution in [1.82, 2.24) is 4.57 Å². The highest BCUT2D eigenvalue weighted by atomic mass is 16.5. The molecule has 0 spiro atoms. The molecule has 0 amide bonds.